The van der Waals surface area contributed by atoms with Crippen LogP contribution in [0, 0.1) is 0 Å². The summed E-state index contributed by atoms with van der Waals surface area (Å²) in [5.41, 5.74) is 1.08. The lowest BCUT2D eigenvalue weighted by atomic mass is 10.1. The van der Waals surface area contributed by atoms with E-state index >= 15 is 0 Å². The van der Waals surface area contributed by atoms with Crippen molar-refractivity contribution in [2.75, 3.05) is 12.0 Å². The van der Waals surface area contributed by atoms with E-state index in [4.69, 9.17) is 21.1 Å². The van der Waals surface area contributed by atoms with Crippen LogP contribution in [0.3, 0.4) is 0 Å². The number of amides is 2. The molecule has 0 saturated heterocycles. The highest BCUT2D eigenvalue weighted by Gasteiger charge is 2.40. The summed E-state index contributed by atoms with van der Waals surface area (Å²) in [7, 11) is 1.48. The molecule has 2 amide bonds. The fraction of sp³-hybridized carbons (Fsp3) is 0.200. The Morgan fingerprint density at radius 3 is 2.23 bits per heavy atom. The van der Waals surface area contributed by atoms with Crippen molar-refractivity contribution in [3.05, 3.63) is 59.1 Å². The highest BCUT2D eigenvalue weighted by Crippen LogP contribution is 2.38. The first-order valence-corrected chi connectivity index (χ1v) is 8.50. The molecular formula is C20H18ClNO4. The van der Waals surface area contributed by atoms with Crippen molar-refractivity contribution in [2.45, 2.75) is 20.0 Å². The Balaban J connectivity index is 1.97. The molecule has 0 aliphatic carbocycles. The van der Waals surface area contributed by atoms with Crippen LogP contribution in [-0.4, -0.2) is 25.0 Å². The van der Waals surface area contributed by atoms with Crippen LogP contribution < -0.4 is 14.4 Å². The maximum Gasteiger partial charge on any atom is 0.277 e. The van der Waals surface area contributed by atoms with Gasteiger partial charge in [0.25, 0.3) is 11.8 Å². The third-order valence-corrected chi connectivity index (χ3v) is 4.22. The van der Waals surface area contributed by atoms with Crippen LogP contribution in [0.15, 0.2) is 53.6 Å². The highest BCUT2D eigenvalue weighted by atomic mass is 35.5. The molecule has 3 rings (SSSR count). The first kappa shape index (κ1) is 18.0. The summed E-state index contributed by atoms with van der Waals surface area (Å²) in [6.07, 6.45) is 0.0411. The maximum absolute atomic E-state index is 12.9. The fourth-order valence-electron chi connectivity index (χ4n) is 2.76. The van der Waals surface area contributed by atoms with Gasteiger partial charge in [-0.1, -0.05) is 35.9 Å². The van der Waals surface area contributed by atoms with Crippen LogP contribution >= 0.6 is 11.6 Å². The third kappa shape index (κ3) is 3.18. The third-order valence-electron chi connectivity index (χ3n) is 3.87. The Hall–Kier alpha value is -2.79. The second-order valence-corrected chi connectivity index (χ2v) is 6.38. The monoisotopic (exact) mass is 371 g/mol. The molecule has 1 aliphatic heterocycles. The van der Waals surface area contributed by atoms with Gasteiger partial charge in [-0.2, -0.15) is 0 Å². The van der Waals surface area contributed by atoms with Crippen molar-refractivity contribution in [3.63, 3.8) is 0 Å². The van der Waals surface area contributed by atoms with Gasteiger partial charge in [-0.15, -0.1) is 0 Å². The Morgan fingerprint density at radius 1 is 0.962 bits per heavy atom. The van der Waals surface area contributed by atoms with E-state index in [1.807, 2.05) is 13.8 Å². The van der Waals surface area contributed by atoms with Gasteiger partial charge in [-0.3, -0.25) is 9.59 Å². The van der Waals surface area contributed by atoms with Crippen molar-refractivity contribution in [2.24, 2.45) is 0 Å². The van der Waals surface area contributed by atoms with Crippen LogP contribution in [-0.2, 0) is 9.59 Å². The molecule has 5 nitrogen and oxygen atoms in total. The largest absolute Gasteiger partial charge is 0.495 e. The minimum Gasteiger partial charge on any atom is -0.495 e. The van der Waals surface area contributed by atoms with Gasteiger partial charge < -0.3 is 9.47 Å². The molecule has 1 aliphatic rings. The molecule has 0 fully saturated rings. The van der Waals surface area contributed by atoms with E-state index in [1.165, 1.54) is 7.11 Å². The van der Waals surface area contributed by atoms with Gasteiger partial charge in [0.2, 0.25) is 0 Å². The van der Waals surface area contributed by atoms with E-state index in [9.17, 15) is 9.59 Å². The first-order valence-electron chi connectivity index (χ1n) is 8.12. The summed E-state index contributed by atoms with van der Waals surface area (Å²) >= 11 is 6.22. The minimum absolute atomic E-state index is 0.0411. The number of rotatable bonds is 5. The second kappa shape index (κ2) is 7.22. The fourth-order valence-corrected chi connectivity index (χ4v) is 3.03. The summed E-state index contributed by atoms with van der Waals surface area (Å²) in [4.78, 5) is 26.6. The van der Waals surface area contributed by atoms with E-state index in [-0.39, 0.29) is 16.7 Å². The number of benzene rings is 2. The Bertz CT molecular complexity index is 887. The number of carbonyl (C=O) groups excluding carboxylic acids is 2. The normalized spacial score (nSPS) is 14.4. The Morgan fingerprint density at radius 2 is 1.62 bits per heavy atom. The average Bonchev–Trinajstić information content (AvgIpc) is 2.84. The maximum atomic E-state index is 12.9. The quantitative estimate of drug-likeness (QED) is 0.745. The molecular weight excluding hydrogens is 354 g/mol. The SMILES string of the molecule is COc1ccccc1N1C(=O)C(Cl)=C(c2ccc(OC(C)C)cc2)C1=O. The molecule has 0 N–H and O–H groups in total. The number of para-hydroxylation sites is 2. The smallest absolute Gasteiger partial charge is 0.277 e. The zero-order valence-electron chi connectivity index (χ0n) is 14.7. The number of halogens is 1. The topological polar surface area (TPSA) is 55.8 Å². The molecule has 0 atom stereocenters. The van der Waals surface area contributed by atoms with E-state index in [2.05, 4.69) is 0 Å². The molecule has 0 aromatic heterocycles. The van der Waals surface area contributed by atoms with E-state index in [1.54, 1.807) is 48.5 Å². The molecule has 0 unspecified atom stereocenters. The van der Waals surface area contributed by atoms with Gasteiger partial charge in [-0.25, -0.2) is 4.90 Å². The molecule has 6 heteroatoms. The minimum atomic E-state index is -0.571. The van der Waals surface area contributed by atoms with Gasteiger partial charge in [0.05, 0.1) is 24.5 Å². The van der Waals surface area contributed by atoms with Gasteiger partial charge in [0, 0.05) is 0 Å². The number of methoxy groups -OCH3 is 1. The van der Waals surface area contributed by atoms with E-state index in [0.717, 1.165) is 4.90 Å². The molecule has 2 aromatic carbocycles. The number of hydrogen-bond acceptors (Lipinski definition) is 4. The van der Waals surface area contributed by atoms with Crippen molar-refractivity contribution >= 4 is 34.7 Å². The molecule has 134 valence electrons. The van der Waals surface area contributed by atoms with Crippen LogP contribution in [0.5, 0.6) is 11.5 Å². The van der Waals surface area contributed by atoms with Crippen molar-refractivity contribution in [3.8, 4) is 11.5 Å². The van der Waals surface area contributed by atoms with Gasteiger partial charge >= 0.3 is 0 Å². The van der Waals surface area contributed by atoms with E-state index < -0.39 is 11.8 Å². The number of nitrogens with zero attached hydrogens (tertiary/aromatic N) is 1. The van der Waals surface area contributed by atoms with Crippen LogP contribution in [0.4, 0.5) is 5.69 Å². The average molecular weight is 372 g/mol. The number of ether oxygens (including phenoxy) is 2. The van der Waals surface area contributed by atoms with Crippen molar-refractivity contribution in [1.82, 2.24) is 0 Å². The van der Waals surface area contributed by atoms with Crippen molar-refractivity contribution in [1.29, 1.82) is 0 Å². The standard InChI is InChI=1S/C20H18ClNO4/c1-12(2)26-14-10-8-13(9-11-14)17-18(21)20(24)22(19(17)23)15-6-4-5-7-16(15)25-3/h4-12H,1-3H3. The molecule has 0 saturated carbocycles. The summed E-state index contributed by atoms with van der Waals surface area (Å²) < 4.78 is 10.9. The second-order valence-electron chi connectivity index (χ2n) is 6.00. The zero-order valence-corrected chi connectivity index (χ0v) is 15.4. The van der Waals surface area contributed by atoms with Gasteiger partial charge in [0.1, 0.15) is 16.5 Å². The molecule has 0 bridgehead atoms. The van der Waals surface area contributed by atoms with Crippen LogP contribution in [0.1, 0.15) is 19.4 Å². The van der Waals surface area contributed by atoms with Crippen molar-refractivity contribution < 1.29 is 19.1 Å². The molecule has 1 heterocycles. The molecule has 0 spiro atoms. The summed E-state index contributed by atoms with van der Waals surface area (Å²) in [5.74, 6) is 0.0418. The highest BCUT2D eigenvalue weighted by molar-refractivity contribution is 6.60. The Kier molecular flexibility index (Phi) is 5.00. The molecule has 2 aromatic rings. The lowest BCUT2D eigenvalue weighted by Gasteiger charge is -2.17. The number of hydrogen-bond donors (Lipinski definition) is 0. The molecule has 0 radical (unpaired) electrons. The number of imide groups is 1. The van der Waals surface area contributed by atoms with E-state index in [0.29, 0.717) is 22.7 Å². The number of carbonyl (C=O) groups is 2. The van der Waals surface area contributed by atoms with Gasteiger partial charge in [0.15, 0.2) is 0 Å². The van der Waals surface area contributed by atoms with Crippen LogP contribution in [0.25, 0.3) is 5.57 Å². The molecule has 26 heavy (non-hydrogen) atoms. The predicted molar refractivity (Wildman–Crippen MR) is 100 cm³/mol. The summed E-state index contributed by atoms with van der Waals surface area (Å²) in [6.45, 7) is 3.86. The predicted octanol–water partition coefficient (Wildman–Crippen LogP) is 4.01. The van der Waals surface area contributed by atoms with Gasteiger partial charge in [-0.05, 0) is 43.7 Å². The Labute approximate surface area is 156 Å². The van der Waals surface area contributed by atoms with Crippen LogP contribution in [0.2, 0.25) is 0 Å². The lowest BCUT2D eigenvalue weighted by Crippen LogP contribution is -2.31. The number of anilines is 1. The zero-order chi connectivity index (χ0) is 18.8. The lowest BCUT2D eigenvalue weighted by molar-refractivity contribution is -0.119. The first-order chi connectivity index (χ1) is 12.4. The summed E-state index contributed by atoms with van der Waals surface area (Å²) in [6, 6.07) is 13.7. The summed E-state index contributed by atoms with van der Waals surface area (Å²) in [5, 5.41) is -0.113.